The average molecular weight is 389 g/mol. The molecule has 138 valence electrons. The highest BCUT2D eigenvalue weighted by Crippen LogP contribution is 2.26. The third-order valence-corrected chi connectivity index (χ3v) is 4.78. The molecule has 0 atom stereocenters. The Labute approximate surface area is 166 Å². The maximum Gasteiger partial charge on any atom is 0.270 e. The molecule has 1 fully saturated rings. The van der Waals surface area contributed by atoms with Crippen LogP contribution < -0.4 is 10.2 Å². The smallest absolute Gasteiger partial charge is 0.270 e. The summed E-state index contributed by atoms with van der Waals surface area (Å²) in [6.45, 7) is 1.46. The van der Waals surface area contributed by atoms with E-state index >= 15 is 0 Å². The summed E-state index contributed by atoms with van der Waals surface area (Å²) in [5.74, 6) is -1.24. The topological polar surface area (TPSA) is 71.4 Å². The maximum absolute atomic E-state index is 13.1. The molecule has 0 aliphatic carbocycles. The molecule has 0 bridgehead atoms. The summed E-state index contributed by atoms with van der Waals surface area (Å²) in [5, 5.41) is 3.36. The number of aromatic nitrogens is 1. The van der Waals surface area contributed by atoms with Gasteiger partial charge in [0.15, 0.2) is 5.11 Å². The van der Waals surface area contributed by atoms with Crippen molar-refractivity contribution in [1.29, 1.82) is 0 Å². The molecule has 0 radical (unpaired) electrons. The molecule has 1 aliphatic heterocycles. The van der Waals surface area contributed by atoms with Gasteiger partial charge in [0.25, 0.3) is 11.8 Å². The van der Waals surface area contributed by atoms with Crippen molar-refractivity contribution in [3.8, 4) is 0 Å². The van der Waals surface area contributed by atoms with E-state index in [1.807, 2.05) is 30.3 Å². The van der Waals surface area contributed by atoms with Gasteiger partial charge in [-0.3, -0.25) is 29.2 Å². The molecule has 0 saturated carbocycles. The second kappa shape index (κ2) is 6.86. The first-order chi connectivity index (χ1) is 13.5. The highest BCUT2D eigenvalue weighted by Gasteiger charge is 2.34. The van der Waals surface area contributed by atoms with Gasteiger partial charge in [0.2, 0.25) is 5.91 Å². The maximum atomic E-state index is 13.1. The number of fused-ring (bicyclic) bond motifs is 1. The summed E-state index contributed by atoms with van der Waals surface area (Å²) >= 11 is 5.19. The van der Waals surface area contributed by atoms with Gasteiger partial charge in [-0.15, -0.1) is 0 Å². The van der Waals surface area contributed by atoms with Gasteiger partial charge in [-0.05, 0) is 36.5 Å². The Morgan fingerprint density at radius 1 is 1.04 bits per heavy atom. The number of hydrogen-bond acceptors (Lipinski definition) is 4. The van der Waals surface area contributed by atoms with Crippen molar-refractivity contribution in [2.24, 2.45) is 0 Å². The van der Waals surface area contributed by atoms with Crippen molar-refractivity contribution < 1.29 is 14.4 Å². The Kier molecular flexibility index (Phi) is 4.37. The molecule has 0 spiro atoms. The van der Waals surface area contributed by atoms with Crippen LogP contribution >= 0.6 is 12.2 Å². The molecule has 6 nitrogen and oxygen atoms in total. The van der Waals surface area contributed by atoms with Gasteiger partial charge < -0.3 is 0 Å². The summed E-state index contributed by atoms with van der Waals surface area (Å²) < 4.78 is 1.49. The molecule has 1 saturated heterocycles. The van der Waals surface area contributed by atoms with Crippen molar-refractivity contribution in [2.45, 2.75) is 6.92 Å². The Morgan fingerprint density at radius 3 is 2.43 bits per heavy atom. The number of benzene rings is 2. The van der Waals surface area contributed by atoms with Crippen LogP contribution in [0.3, 0.4) is 0 Å². The van der Waals surface area contributed by atoms with E-state index in [0.717, 1.165) is 5.39 Å². The minimum Gasteiger partial charge on any atom is -0.298 e. The zero-order valence-electron chi connectivity index (χ0n) is 14.9. The normalized spacial score (nSPS) is 16.0. The number of carbonyl (C=O) groups is 3. The molecule has 1 aromatic heterocycles. The second-order valence-corrected chi connectivity index (χ2v) is 6.67. The van der Waals surface area contributed by atoms with Gasteiger partial charge in [0.05, 0.1) is 11.2 Å². The van der Waals surface area contributed by atoms with E-state index in [4.69, 9.17) is 12.2 Å². The number of nitrogens with zero attached hydrogens (tertiary/aromatic N) is 2. The van der Waals surface area contributed by atoms with E-state index in [1.54, 1.807) is 30.5 Å². The van der Waals surface area contributed by atoms with Crippen LogP contribution in [-0.4, -0.2) is 27.4 Å². The summed E-state index contributed by atoms with van der Waals surface area (Å²) in [7, 11) is 0. The molecule has 0 unspecified atom stereocenters. The number of hydrogen-bond donors (Lipinski definition) is 1. The van der Waals surface area contributed by atoms with Crippen LogP contribution in [0.25, 0.3) is 17.0 Å². The molecule has 1 N–H and O–H groups in total. The number of nitrogens with one attached hydrogen (secondary N) is 1. The van der Waals surface area contributed by atoms with E-state index in [2.05, 4.69) is 5.32 Å². The summed E-state index contributed by atoms with van der Waals surface area (Å²) in [4.78, 5) is 38.8. The van der Waals surface area contributed by atoms with Gasteiger partial charge in [-0.25, -0.2) is 0 Å². The molecule has 2 aromatic carbocycles. The predicted octanol–water partition coefficient (Wildman–Crippen LogP) is 3.13. The van der Waals surface area contributed by atoms with Crippen molar-refractivity contribution in [1.82, 2.24) is 9.88 Å². The van der Waals surface area contributed by atoms with Gasteiger partial charge in [0.1, 0.15) is 5.57 Å². The fourth-order valence-electron chi connectivity index (χ4n) is 3.21. The van der Waals surface area contributed by atoms with E-state index in [-0.39, 0.29) is 16.6 Å². The zero-order valence-corrected chi connectivity index (χ0v) is 15.7. The molecule has 2 heterocycles. The van der Waals surface area contributed by atoms with Gasteiger partial charge in [0, 0.05) is 24.1 Å². The van der Waals surface area contributed by atoms with E-state index < -0.39 is 11.8 Å². The van der Waals surface area contributed by atoms with E-state index in [1.165, 1.54) is 22.5 Å². The van der Waals surface area contributed by atoms with Crippen LogP contribution in [0.5, 0.6) is 0 Å². The summed E-state index contributed by atoms with van der Waals surface area (Å²) in [6.07, 6.45) is 3.12. The minimum absolute atomic E-state index is 0.0320. The summed E-state index contributed by atoms with van der Waals surface area (Å²) in [6, 6.07) is 16.2. The predicted molar refractivity (Wildman–Crippen MR) is 111 cm³/mol. The first-order valence-electron chi connectivity index (χ1n) is 8.55. The lowest BCUT2D eigenvalue weighted by Crippen LogP contribution is -2.54. The SMILES string of the molecule is CC(=O)n1cc(/C=C2/C(=O)NC(=S)N(c3ccccc3)C2=O)c2ccccc21. The van der Waals surface area contributed by atoms with Crippen LogP contribution in [0.4, 0.5) is 5.69 Å². The lowest BCUT2D eigenvalue weighted by molar-refractivity contribution is -0.122. The van der Waals surface area contributed by atoms with Gasteiger partial charge in [-0.2, -0.15) is 0 Å². The molecule has 7 heteroatoms. The molecule has 2 amide bonds. The van der Waals surface area contributed by atoms with Crippen LogP contribution in [0.2, 0.25) is 0 Å². The third kappa shape index (κ3) is 2.91. The third-order valence-electron chi connectivity index (χ3n) is 4.50. The molecule has 4 rings (SSSR count). The standard InChI is InChI=1S/C21H15N3O3S/c1-13(25)23-12-14(16-9-5-6-10-18(16)23)11-17-19(26)22-21(28)24(20(17)27)15-7-3-2-4-8-15/h2-12H,1H3,(H,22,26,28)/b17-11-. The van der Waals surface area contributed by atoms with Crippen LogP contribution in [-0.2, 0) is 9.59 Å². The fourth-order valence-corrected chi connectivity index (χ4v) is 3.49. The van der Waals surface area contributed by atoms with Crippen molar-refractivity contribution >= 4 is 57.7 Å². The van der Waals surface area contributed by atoms with Crippen LogP contribution in [0.15, 0.2) is 66.4 Å². The fraction of sp³-hybridized carbons (Fsp3) is 0.0476. The van der Waals surface area contributed by atoms with Crippen molar-refractivity contribution in [3.63, 3.8) is 0 Å². The first-order valence-corrected chi connectivity index (χ1v) is 8.96. The molecular weight excluding hydrogens is 374 g/mol. The number of thiocarbonyl (C=S) groups is 1. The number of para-hydroxylation sites is 2. The molecular formula is C21H15N3O3S. The zero-order chi connectivity index (χ0) is 19.8. The minimum atomic E-state index is -0.568. The Balaban J connectivity index is 1.84. The first kappa shape index (κ1) is 17.8. The van der Waals surface area contributed by atoms with E-state index in [0.29, 0.717) is 16.8 Å². The van der Waals surface area contributed by atoms with Gasteiger partial charge >= 0.3 is 0 Å². The quantitative estimate of drug-likeness (QED) is 0.415. The number of rotatable bonds is 2. The number of anilines is 1. The molecule has 28 heavy (non-hydrogen) atoms. The second-order valence-electron chi connectivity index (χ2n) is 6.28. The van der Waals surface area contributed by atoms with Crippen LogP contribution in [0, 0.1) is 0 Å². The molecule has 1 aliphatic rings. The number of carbonyl (C=O) groups excluding carboxylic acids is 3. The average Bonchev–Trinajstić information content (AvgIpc) is 3.05. The number of amides is 2. The Bertz CT molecular complexity index is 1180. The largest absolute Gasteiger partial charge is 0.298 e. The monoisotopic (exact) mass is 389 g/mol. The van der Waals surface area contributed by atoms with Crippen molar-refractivity contribution in [3.05, 3.63) is 71.9 Å². The van der Waals surface area contributed by atoms with Crippen molar-refractivity contribution in [2.75, 3.05) is 4.90 Å². The van der Waals surface area contributed by atoms with Gasteiger partial charge in [-0.1, -0.05) is 36.4 Å². The van der Waals surface area contributed by atoms with Crippen LogP contribution in [0.1, 0.15) is 17.3 Å². The summed E-state index contributed by atoms with van der Waals surface area (Å²) in [5.41, 5.74) is 1.82. The molecule has 3 aromatic rings. The van der Waals surface area contributed by atoms with E-state index in [9.17, 15) is 14.4 Å². The lowest BCUT2D eigenvalue weighted by atomic mass is 10.1. The Morgan fingerprint density at radius 2 is 1.71 bits per heavy atom. The lowest BCUT2D eigenvalue weighted by Gasteiger charge is -2.28. The Hall–Kier alpha value is -3.58. The highest BCUT2D eigenvalue weighted by atomic mass is 32.1. The highest BCUT2D eigenvalue weighted by molar-refractivity contribution is 7.80.